The molecule has 1 aliphatic heterocycles. The van der Waals surface area contributed by atoms with Gasteiger partial charge in [-0.05, 0) is 24.3 Å². The van der Waals surface area contributed by atoms with Crippen molar-refractivity contribution in [1.82, 2.24) is 14.9 Å². The number of para-hydroxylation sites is 1. The number of fused-ring (bicyclic) bond motifs is 2. The van der Waals surface area contributed by atoms with Crippen molar-refractivity contribution in [2.75, 3.05) is 31.1 Å². The highest BCUT2D eigenvalue weighted by Gasteiger charge is 2.25. The van der Waals surface area contributed by atoms with Gasteiger partial charge in [0.1, 0.15) is 0 Å². The summed E-state index contributed by atoms with van der Waals surface area (Å²) in [4.78, 5) is 26.0. The highest BCUT2D eigenvalue weighted by atomic mass is 32.1. The maximum atomic E-state index is 12.8. The molecule has 26 heavy (non-hydrogen) atoms. The lowest BCUT2D eigenvalue weighted by molar-refractivity contribution is 0.0746. The van der Waals surface area contributed by atoms with E-state index in [1.54, 1.807) is 11.3 Å². The molecular formula is C19H16N4OS2. The second-order valence-corrected chi connectivity index (χ2v) is 8.13. The Balaban J connectivity index is 1.33. The predicted molar refractivity (Wildman–Crippen MR) is 107 cm³/mol. The van der Waals surface area contributed by atoms with Crippen LogP contribution in [0.4, 0.5) is 5.69 Å². The molecule has 3 heterocycles. The third-order valence-electron chi connectivity index (χ3n) is 4.72. The standard InChI is InChI=1S/C19H16N4OS2/c24-19(18-21-13-4-1-2-7-16(13)26-18)23-10-8-22(9-11-23)15-6-3-5-14-17(15)25-12-20-14/h1-7,12H,8-11H2. The number of aromatic nitrogens is 2. The van der Waals surface area contributed by atoms with E-state index in [-0.39, 0.29) is 5.91 Å². The van der Waals surface area contributed by atoms with Crippen LogP contribution >= 0.6 is 22.7 Å². The molecule has 2 aromatic heterocycles. The molecule has 130 valence electrons. The summed E-state index contributed by atoms with van der Waals surface area (Å²) in [6.45, 7) is 3.08. The SMILES string of the molecule is O=C(c1nc2ccccc2s1)N1CCN(c2cccc3ncsc23)CC1. The molecule has 1 aliphatic rings. The van der Waals surface area contributed by atoms with Crippen LogP contribution in [0.3, 0.4) is 0 Å². The van der Waals surface area contributed by atoms with Gasteiger partial charge in [0.2, 0.25) is 0 Å². The van der Waals surface area contributed by atoms with Gasteiger partial charge < -0.3 is 9.80 Å². The molecule has 0 spiro atoms. The summed E-state index contributed by atoms with van der Waals surface area (Å²) in [5.41, 5.74) is 5.05. The van der Waals surface area contributed by atoms with Gasteiger partial charge in [-0.25, -0.2) is 9.97 Å². The topological polar surface area (TPSA) is 49.3 Å². The molecule has 0 atom stereocenters. The summed E-state index contributed by atoms with van der Waals surface area (Å²) < 4.78 is 2.28. The number of carbonyl (C=O) groups is 1. The van der Waals surface area contributed by atoms with Crippen LogP contribution in [-0.4, -0.2) is 47.0 Å². The van der Waals surface area contributed by atoms with Crippen molar-refractivity contribution in [3.8, 4) is 0 Å². The molecule has 1 fully saturated rings. The number of nitrogens with zero attached hydrogens (tertiary/aromatic N) is 4. The monoisotopic (exact) mass is 380 g/mol. The number of hydrogen-bond acceptors (Lipinski definition) is 6. The van der Waals surface area contributed by atoms with Crippen molar-refractivity contribution in [2.45, 2.75) is 0 Å². The molecule has 5 nitrogen and oxygen atoms in total. The average Bonchev–Trinajstić information content (AvgIpc) is 3.34. The Kier molecular flexibility index (Phi) is 3.83. The van der Waals surface area contributed by atoms with Gasteiger partial charge in [0.25, 0.3) is 5.91 Å². The highest BCUT2D eigenvalue weighted by molar-refractivity contribution is 7.20. The zero-order chi connectivity index (χ0) is 17.5. The van der Waals surface area contributed by atoms with Gasteiger partial charge in [-0.3, -0.25) is 4.79 Å². The number of carbonyl (C=O) groups excluding carboxylic acids is 1. The van der Waals surface area contributed by atoms with E-state index in [4.69, 9.17) is 0 Å². The largest absolute Gasteiger partial charge is 0.367 e. The van der Waals surface area contributed by atoms with E-state index in [1.165, 1.54) is 21.7 Å². The third kappa shape index (κ3) is 2.64. The molecule has 2 aromatic carbocycles. The van der Waals surface area contributed by atoms with Crippen molar-refractivity contribution in [3.63, 3.8) is 0 Å². The lowest BCUT2D eigenvalue weighted by Gasteiger charge is -2.35. The lowest BCUT2D eigenvalue weighted by atomic mass is 10.2. The number of rotatable bonds is 2. The van der Waals surface area contributed by atoms with Gasteiger partial charge >= 0.3 is 0 Å². The van der Waals surface area contributed by atoms with Crippen LogP contribution < -0.4 is 4.90 Å². The van der Waals surface area contributed by atoms with E-state index in [0.29, 0.717) is 18.1 Å². The fourth-order valence-corrected chi connectivity index (χ4v) is 5.13. The highest BCUT2D eigenvalue weighted by Crippen LogP contribution is 2.30. The fraction of sp³-hybridized carbons (Fsp3) is 0.211. The first-order chi connectivity index (χ1) is 12.8. The van der Waals surface area contributed by atoms with Gasteiger partial charge in [0.15, 0.2) is 5.01 Å². The van der Waals surface area contributed by atoms with E-state index in [1.807, 2.05) is 40.7 Å². The minimum Gasteiger partial charge on any atom is -0.367 e. The van der Waals surface area contributed by atoms with Gasteiger partial charge in [0, 0.05) is 26.2 Å². The Labute approximate surface area is 158 Å². The molecule has 4 aromatic rings. The molecule has 0 aliphatic carbocycles. The van der Waals surface area contributed by atoms with Crippen LogP contribution in [0.2, 0.25) is 0 Å². The van der Waals surface area contributed by atoms with Gasteiger partial charge in [-0.15, -0.1) is 22.7 Å². The van der Waals surface area contributed by atoms with Crippen LogP contribution in [-0.2, 0) is 0 Å². The molecular weight excluding hydrogens is 364 g/mol. The van der Waals surface area contributed by atoms with Crippen molar-refractivity contribution >= 4 is 54.7 Å². The van der Waals surface area contributed by atoms with Crippen LogP contribution in [0, 0.1) is 0 Å². The van der Waals surface area contributed by atoms with Crippen LogP contribution in [0.25, 0.3) is 20.4 Å². The zero-order valence-electron chi connectivity index (χ0n) is 14.0. The number of hydrogen-bond donors (Lipinski definition) is 0. The molecule has 1 amide bonds. The first kappa shape index (κ1) is 15.7. The molecule has 1 saturated heterocycles. The van der Waals surface area contributed by atoms with Crippen LogP contribution in [0.5, 0.6) is 0 Å². The Morgan fingerprint density at radius 3 is 2.62 bits per heavy atom. The van der Waals surface area contributed by atoms with E-state index >= 15 is 0 Å². The van der Waals surface area contributed by atoms with Gasteiger partial charge in [-0.1, -0.05) is 18.2 Å². The quantitative estimate of drug-likeness (QED) is 0.530. The fourth-order valence-electron chi connectivity index (χ4n) is 3.37. The minimum atomic E-state index is 0.0434. The molecule has 0 N–H and O–H groups in total. The first-order valence-electron chi connectivity index (χ1n) is 8.51. The Bertz CT molecular complexity index is 1060. The molecule has 0 bridgehead atoms. The molecule has 5 rings (SSSR count). The van der Waals surface area contributed by atoms with E-state index < -0.39 is 0 Å². The normalized spacial score (nSPS) is 15.1. The Morgan fingerprint density at radius 2 is 1.77 bits per heavy atom. The summed E-state index contributed by atoms with van der Waals surface area (Å²) in [5.74, 6) is 0.0434. The zero-order valence-corrected chi connectivity index (χ0v) is 15.6. The Hall–Kier alpha value is -2.51. The molecule has 0 unspecified atom stereocenters. The number of amides is 1. The van der Waals surface area contributed by atoms with Gasteiger partial charge in [0.05, 0.1) is 31.6 Å². The summed E-state index contributed by atoms with van der Waals surface area (Å²) in [6.07, 6.45) is 0. The average molecular weight is 380 g/mol. The number of piperazine rings is 1. The smallest absolute Gasteiger partial charge is 0.282 e. The third-order valence-corrected chi connectivity index (χ3v) is 6.61. The summed E-state index contributed by atoms with van der Waals surface area (Å²) in [5, 5.41) is 0.587. The second-order valence-electron chi connectivity index (χ2n) is 6.24. The first-order valence-corrected chi connectivity index (χ1v) is 10.2. The summed E-state index contributed by atoms with van der Waals surface area (Å²) >= 11 is 3.15. The molecule has 0 radical (unpaired) electrons. The maximum Gasteiger partial charge on any atom is 0.282 e. The van der Waals surface area contributed by atoms with Crippen molar-refractivity contribution in [1.29, 1.82) is 0 Å². The molecule has 0 saturated carbocycles. The Morgan fingerprint density at radius 1 is 0.962 bits per heavy atom. The molecule has 7 heteroatoms. The van der Waals surface area contributed by atoms with Crippen molar-refractivity contribution in [3.05, 3.63) is 53.0 Å². The van der Waals surface area contributed by atoms with Crippen molar-refractivity contribution < 1.29 is 4.79 Å². The second kappa shape index (κ2) is 6.34. The van der Waals surface area contributed by atoms with E-state index in [2.05, 4.69) is 27.0 Å². The summed E-state index contributed by atoms with van der Waals surface area (Å²) in [6, 6.07) is 14.1. The predicted octanol–water partition coefficient (Wildman–Crippen LogP) is 3.87. The van der Waals surface area contributed by atoms with E-state index in [0.717, 1.165) is 28.8 Å². The minimum absolute atomic E-state index is 0.0434. The van der Waals surface area contributed by atoms with Crippen LogP contribution in [0.15, 0.2) is 48.0 Å². The number of thiazole rings is 2. The van der Waals surface area contributed by atoms with Gasteiger partial charge in [-0.2, -0.15) is 0 Å². The van der Waals surface area contributed by atoms with E-state index in [9.17, 15) is 4.79 Å². The maximum absolute atomic E-state index is 12.8. The number of benzene rings is 2. The van der Waals surface area contributed by atoms with Crippen LogP contribution in [0.1, 0.15) is 9.80 Å². The number of anilines is 1. The summed E-state index contributed by atoms with van der Waals surface area (Å²) in [7, 11) is 0. The lowest BCUT2D eigenvalue weighted by Crippen LogP contribution is -2.48. The van der Waals surface area contributed by atoms with Crippen molar-refractivity contribution in [2.24, 2.45) is 0 Å².